The van der Waals surface area contributed by atoms with Gasteiger partial charge in [0.25, 0.3) is 11.8 Å². The molecule has 1 N–H and O–H groups in total. The van der Waals surface area contributed by atoms with E-state index in [1.807, 2.05) is 73.3 Å². The molecule has 0 saturated carbocycles. The Morgan fingerprint density at radius 2 is 1.76 bits per heavy atom. The fourth-order valence-corrected chi connectivity index (χ4v) is 5.15. The van der Waals surface area contributed by atoms with E-state index in [1.165, 1.54) is 0 Å². The van der Waals surface area contributed by atoms with Crippen molar-refractivity contribution in [3.05, 3.63) is 64.6 Å². The van der Waals surface area contributed by atoms with Crippen LogP contribution in [0.3, 0.4) is 0 Å². The molecule has 2 saturated heterocycles. The highest BCUT2D eigenvalue weighted by molar-refractivity contribution is 9.10. The molecular weight excluding hydrogens is 484 g/mol. The van der Waals surface area contributed by atoms with Gasteiger partial charge in [0.05, 0.1) is 6.67 Å². The van der Waals surface area contributed by atoms with E-state index in [1.54, 1.807) is 4.90 Å². The number of nitrogens with one attached hydrogen (secondary N) is 1. The number of hydrogen-bond donors (Lipinski definition) is 1. The monoisotopic (exact) mass is 512 g/mol. The zero-order chi connectivity index (χ0) is 23.6. The van der Waals surface area contributed by atoms with Crippen LogP contribution in [0.5, 0.6) is 0 Å². The third-order valence-corrected chi connectivity index (χ3v) is 6.81. The molecular formula is C25H29BrN4O3. The summed E-state index contributed by atoms with van der Waals surface area (Å²) in [4.78, 5) is 44.7. The average molecular weight is 513 g/mol. The lowest BCUT2D eigenvalue weighted by Crippen LogP contribution is -2.57. The molecule has 0 radical (unpaired) electrons. The van der Waals surface area contributed by atoms with Crippen molar-refractivity contribution in [3.8, 4) is 0 Å². The number of rotatable bonds is 5. The lowest BCUT2D eigenvalue weighted by molar-refractivity contribution is -0.137. The van der Waals surface area contributed by atoms with Gasteiger partial charge in [-0.05, 0) is 57.0 Å². The van der Waals surface area contributed by atoms with E-state index in [0.717, 1.165) is 10.2 Å². The van der Waals surface area contributed by atoms with E-state index in [4.69, 9.17) is 0 Å². The summed E-state index contributed by atoms with van der Waals surface area (Å²) in [5.74, 6) is -0.235. The van der Waals surface area contributed by atoms with Crippen molar-refractivity contribution in [2.45, 2.75) is 38.3 Å². The summed E-state index contributed by atoms with van der Waals surface area (Å²) in [5.41, 5.74) is 0.822. The first kappa shape index (κ1) is 23.3. The maximum absolute atomic E-state index is 13.7. The standard InChI is InChI=1S/C25H29BrN4O3/c1-18(2)27-22(31)16-29-17-30(21-9-4-3-5-10-21)25(24(29)33)11-13-28(14-12-25)23(32)19-7-6-8-20(26)15-19/h3-10,15,18H,11-14,16-17H2,1-2H3,(H,27,31). The molecule has 4 rings (SSSR count). The van der Waals surface area contributed by atoms with E-state index >= 15 is 0 Å². The van der Waals surface area contributed by atoms with Crippen LogP contribution in [0.2, 0.25) is 0 Å². The van der Waals surface area contributed by atoms with Crippen LogP contribution in [0.25, 0.3) is 0 Å². The van der Waals surface area contributed by atoms with Crippen LogP contribution in [0.15, 0.2) is 59.1 Å². The number of amides is 3. The summed E-state index contributed by atoms with van der Waals surface area (Å²) in [5, 5.41) is 2.87. The fourth-order valence-electron chi connectivity index (χ4n) is 4.75. The van der Waals surface area contributed by atoms with Gasteiger partial charge in [-0.2, -0.15) is 0 Å². The van der Waals surface area contributed by atoms with Gasteiger partial charge in [-0.25, -0.2) is 0 Å². The lowest BCUT2D eigenvalue weighted by atomic mass is 9.85. The average Bonchev–Trinajstić information content (AvgIpc) is 3.05. The Bertz CT molecular complexity index is 1030. The van der Waals surface area contributed by atoms with Crippen molar-refractivity contribution >= 4 is 39.3 Å². The maximum Gasteiger partial charge on any atom is 0.253 e. The first-order valence-electron chi connectivity index (χ1n) is 11.3. The largest absolute Gasteiger partial charge is 0.352 e. The van der Waals surface area contributed by atoms with Gasteiger partial charge in [0, 0.05) is 34.9 Å². The quantitative estimate of drug-likeness (QED) is 0.667. The van der Waals surface area contributed by atoms with Crippen LogP contribution in [0, 0.1) is 0 Å². The Balaban J connectivity index is 1.55. The smallest absolute Gasteiger partial charge is 0.253 e. The zero-order valence-corrected chi connectivity index (χ0v) is 20.5. The number of piperidine rings is 1. The van der Waals surface area contributed by atoms with Crippen LogP contribution in [0.4, 0.5) is 5.69 Å². The molecule has 0 bridgehead atoms. The van der Waals surface area contributed by atoms with Crippen LogP contribution < -0.4 is 10.2 Å². The Hall–Kier alpha value is -2.87. The highest BCUT2D eigenvalue weighted by atomic mass is 79.9. The Kier molecular flexibility index (Phi) is 6.74. The number of halogens is 1. The Morgan fingerprint density at radius 3 is 2.39 bits per heavy atom. The zero-order valence-electron chi connectivity index (χ0n) is 19.0. The van der Waals surface area contributed by atoms with Crippen molar-refractivity contribution in [2.24, 2.45) is 0 Å². The maximum atomic E-state index is 13.7. The predicted octanol–water partition coefficient (Wildman–Crippen LogP) is 3.25. The van der Waals surface area contributed by atoms with E-state index in [0.29, 0.717) is 38.2 Å². The fraction of sp³-hybridized carbons (Fsp3) is 0.400. The SMILES string of the molecule is CC(C)NC(=O)CN1CN(c2ccccc2)C2(CCN(C(=O)c3cccc(Br)c3)CC2)C1=O. The summed E-state index contributed by atoms with van der Waals surface area (Å²) in [6, 6.07) is 17.2. The number of carbonyl (C=O) groups excluding carboxylic acids is 3. The number of anilines is 1. The molecule has 2 aromatic carbocycles. The summed E-state index contributed by atoms with van der Waals surface area (Å²) < 4.78 is 0.860. The van der Waals surface area contributed by atoms with Crippen LogP contribution in [-0.4, -0.2) is 65.4 Å². The van der Waals surface area contributed by atoms with Gasteiger partial charge in [-0.1, -0.05) is 40.2 Å². The highest BCUT2D eigenvalue weighted by Crippen LogP contribution is 2.39. The summed E-state index contributed by atoms with van der Waals surface area (Å²) >= 11 is 3.43. The molecule has 0 unspecified atom stereocenters. The molecule has 0 aromatic heterocycles. The first-order chi connectivity index (χ1) is 15.8. The topological polar surface area (TPSA) is 73.0 Å². The van der Waals surface area contributed by atoms with Crippen molar-refractivity contribution in [3.63, 3.8) is 0 Å². The minimum absolute atomic E-state index is 0.0154. The predicted molar refractivity (Wildman–Crippen MR) is 131 cm³/mol. The number of carbonyl (C=O) groups is 3. The van der Waals surface area contributed by atoms with E-state index < -0.39 is 5.54 Å². The van der Waals surface area contributed by atoms with Gasteiger partial charge in [0.1, 0.15) is 12.1 Å². The van der Waals surface area contributed by atoms with Crippen molar-refractivity contribution in [2.75, 3.05) is 31.2 Å². The van der Waals surface area contributed by atoms with Crippen molar-refractivity contribution in [1.82, 2.24) is 15.1 Å². The van der Waals surface area contributed by atoms with Crippen molar-refractivity contribution in [1.29, 1.82) is 0 Å². The van der Waals surface area contributed by atoms with Gasteiger partial charge in [-0.3, -0.25) is 14.4 Å². The third kappa shape index (κ3) is 4.76. The Morgan fingerprint density at radius 1 is 1.06 bits per heavy atom. The minimum atomic E-state index is -0.756. The number of nitrogens with zero attached hydrogens (tertiary/aromatic N) is 3. The van der Waals surface area contributed by atoms with Gasteiger partial charge >= 0.3 is 0 Å². The molecule has 2 aliphatic rings. The first-order valence-corrected chi connectivity index (χ1v) is 12.1. The molecule has 2 aromatic rings. The molecule has 8 heteroatoms. The number of likely N-dealkylation sites (tertiary alicyclic amines) is 1. The van der Waals surface area contributed by atoms with Crippen molar-refractivity contribution < 1.29 is 14.4 Å². The number of para-hydroxylation sites is 1. The van der Waals surface area contributed by atoms with Crippen LogP contribution >= 0.6 is 15.9 Å². The summed E-state index contributed by atoms with van der Waals surface area (Å²) in [7, 11) is 0. The van der Waals surface area contributed by atoms with E-state index in [9.17, 15) is 14.4 Å². The van der Waals surface area contributed by atoms with Gasteiger partial charge in [0.2, 0.25) is 5.91 Å². The van der Waals surface area contributed by atoms with Gasteiger partial charge in [0.15, 0.2) is 0 Å². The molecule has 3 amide bonds. The minimum Gasteiger partial charge on any atom is -0.352 e. The normalized spacial score (nSPS) is 17.7. The molecule has 7 nitrogen and oxygen atoms in total. The highest BCUT2D eigenvalue weighted by Gasteiger charge is 2.54. The number of hydrogen-bond acceptors (Lipinski definition) is 4. The molecule has 0 aliphatic carbocycles. The molecule has 2 heterocycles. The van der Waals surface area contributed by atoms with Crippen LogP contribution in [-0.2, 0) is 9.59 Å². The van der Waals surface area contributed by atoms with Gasteiger partial charge in [-0.15, -0.1) is 0 Å². The summed E-state index contributed by atoms with van der Waals surface area (Å²) in [6.07, 6.45) is 1.03. The van der Waals surface area contributed by atoms with E-state index in [2.05, 4.69) is 26.1 Å². The second kappa shape index (κ2) is 9.55. The lowest BCUT2D eigenvalue weighted by Gasteiger charge is -2.43. The van der Waals surface area contributed by atoms with Crippen LogP contribution in [0.1, 0.15) is 37.0 Å². The molecule has 1 spiro atoms. The van der Waals surface area contributed by atoms with Gasteiger partial charge < -0.3 is 20.0 Å². The molecule has 2 aliphatic heterocycles. The second-order valence-corrected chi connectivity index (χ2v) is 9.88. The molecule has 2 fully saturated rings. The third-order valence-electron chi connectivity index (χ3n) is 6.32. The second-order valence-electron chi connectivity index (χ2n) is 8.96. The van der Waals surface area contributed by atoms with E-state index in [-0.39, 0.29) is 30.3 Å². The molecule has 174 valence electrons. The molecule has 33 heavy (non-hydrogen) atoms. The number of benzene rings is 2. The Labute approximate surface area is 202 Å². The summed E-state index contributed by atoms with van der Waals surface area (Å²) in [6.45, 7) is 5.15. The molecule has 0 atom stereocenters.